The first-order valence-corrected chi connectivity index (χ1v) is 9.39. The minimum absolute atomic E-state index is 0.0362. The van der Waals surface area contributed by atoms with Crippen LogP contribution in [0.25, 0.3) is 0 Å². The SMILES string of the molecule is CC(=O)[C@H]1CC[C@H]2[C@@H]3CCC4=CC(=O)C=C[C@]4(C)[C@@]3(O)CC[C@]12C. The van der Waals surface area contributed by atoms with Gasteiger partial charge in [-0.1, -0.05) is 18.6 Å². The summed E-state index contributed by atoms with van der Waals surface area (Å²) >= 11 is 0. The summed E-state index contributed by atoms with van der Waals surface area (Å²) in [5.74, 6) is 1.15. The van der Waals surface area contributed by atoms with Crippen molar-refractivity contribution in [3.63, 3.8) is 0 Å². The molecule has 0 heterocycles. The van der Waals surface area contributed by atoms with Crippen LogP contribution in [0.5, 0.6) is 0 Å². The molecule has 3 nitrogen and oxygen atoms in total. The van der Waals surface area contributed by atoms with Gasteiger partial charge in [0.25, 0.3) is 0 Å². The summed E-state index contributed by atoms with van der Waals surface area (Å²) in [6.07, 6.45) is 10.8. The lowest BCUT2D eigenvalue weighted by Crippen LogP contribution is -2.62. The van der Waals surface area contributed by atoms with E-state index in [4.69, 9.17) is 0 Å². The maximum atomic E-state index is 12.2. The second-order valence-electron chi connectivity index (χ2n) is 9.03. The van der Waals surface area contributed by atoms with E-state index in [9.17, 15) is 14.7 Å². The molecule has 0 aliphatic heterocycles. The first kappa shape index (κ1) is 16.3. The van der Waals surface area contributed by atoms with Crippen LogP contribution in [-0.2, 0) is 9.59 Å². The molecule has 1 N–H and O–H groups in total. The third-order valence-electron chi connectivity index (χ3n) is 8.23. The fraction of sp³-hybridized carbons (Fsp3) is 0.714. The fourth-order valence-corrected chi connectivity index (χ4v) is 6.81. The standard InChI is InChI=1S/C21H28O3/c1-13(22)16-6-7-17-18-5-4-14-12-15(23)8-9-20(14,3)21(18,24)11-10-19(16,17)2/h8-9,12,16-18,24H,4-7,10-11H2,1-3H3/t16-,17+,18+,19-,20+,21-/m1/s1. The van der Waals surface area contributed by atoms with Crippen LogP contribution < -0.4 is 0 Å². The topological polar surface area (TPSA) is 54.4 Å². The Labute approximate surface area is 144 Å². The average Bonchev–Trinajstić information content (AvgIpc) is 2.87. The van der Waals surface area contributed by atoms with Crippen molar-refractivity contribution in [3.8, 4) is 0 Å². The summed E-state index contributed by atoms with van der Waals surface area (Å²) in [5, 5.41) is 11.8. The van der Waals surface area contributed by atoms with Gasteiger partial charge >= 0.3 is 0 Å². The Bertz CT molecular complexity index is 675. The number of fused-ring (bicyclic) bond motifs is 5. The van der Waals surface area contributed by atoms with Gasteiger partial charge in [-0.2, -0.15) is 0 Å². The third-order valence-corrected chi connectivity index (χ3v) is 8.23. The van der Waals surface area contributed by atoms with E-state index in [1.165, 1.54) is 0 Å². The van der Waals surface area contributed by atoms with Crippen LogP contribution in [0.1, 0.15) is 59.3 Å². The first-order chi connectivity index (χ1) is 11.2. The highest BCUT2D eigenvalue weighted by Gasteiger charge is 2.65. The van der Waals surface area contributed by atoms with Crippen LogP contribution in [-0.4, -0.2) is 22.3 Å². The molecule has 130 valence electrons. The van der Waals surface area contributed by atoms with Crippen molar-refractivity contribution in [1.29, 1.82) is 0 Å². The van der Waals surface area contributed by atoms with Crippen molar-refractivity contribution >= 4 is 11.6 Å². The molecule has 4 rings (SSSR count). The van der Waals surface area contributed by atoms with Gasteiger partial charge in [0, 0.05) is 11.3 Å². The van der Waals surface area contributed by atoms with Gasteiger partial charge in [0.2, 0.25) is 0 Å². The number of allylic oxidation sites excluding steroid dienone is 2. The zero-order valence-corrected chi connectivity index (χ0v) is 15.0. The molecule has 0 aromatic carbocycles. The van der Waals surface area contributed by atoms with E-state index in [-0.39, 0.29) is 23.0 Å². The van der Waals surface area contributed by atoms with E-state index in [1.807, 2.05) is 6.08 Å². The van der Waals surface area contributed by atoms with Gasteiger partial charge in [-0.25, -0.2) is 0 Å². The summed E-state index contributed by atoms with van der Waals surface area (Å²) < 4.78 is 0. The van der Waals surface area contributed by atoms with E-state index in [2.05, 4.69) is 13.8 Å². The summed E-state index contributed by atoms with van der Waals surface area (Å²) in [5.41, 5.74) is -0.0866. The molecule has 3 fully saturated rings. The highest BCUT2D eigenvalue weighted by molar-refractivity contribution is 6.01. The molecule has 0 radical (unpaired) electrons. The van der Waals surface area contributed by atoms with Crippen LogP contribution in [0.15, 0.2) is 23.8 Å². The summed E-state index contributed by atoms with van der Waals surface area (Å²) in [4.78, 5) is 23.9. The predicted octanol–water partition coefficient (Wildman–Crippen LogP) is 3.61. The second kappa shape index (κ2) is 4.91. The number of rotatable bonds is 1. The molecule has 3 heteroatoms. The van der Waals surface area contributed by atoms with E-state index < -0.39 is 11.0 Å². The monoisotopic (exact) mass is 328 g/mol. The van der Waals surface area contributed by atoms with Crippen molar-refractivity contribution in [1.82, 2.24) is 0 Å². The minimum atomic E-state index is -0.788. The molecule has 4 aliphatic rings. The lowest BCUT2D eigenvalue weighted by atomic mass is 9.45. The molecule has 0 spiro atoms. The number of ketones is 2. The fourth-order valence-electron chi connectivity index (χ4n) is 6.81. The molecule has 6 atom stereocenters. The van der Waals surface area contributed by atoms with E-state index in [0.29, 0.717) is 11.7 Å². The smallest absolute Gasteiger partial charge is 0.178 e. The second-order valence-corrected chi connectivity index (χ2v) is 9.03. The van der Waals surface area contributed by atoms with Crippen LogP contribution in [0, 0.1) is 28.6 Å². The average molecular weight is 328 g/mol. The zero-order chi connectivity index (χ0) is 17.3. The highest BCUT2D eigenvalue weighted by atomic mass is 16.3. The summed E-state index contributed by atoms with van der Waals surface area (Å²) in [6.45, 7) is 6.12. The van der Waals surface area contributed by atoms with Crippen LogP contribution in [0.3, 0.4) is 0 Å². The molecule has 24 heavy (non-hydrogen) atoms. The minimum Gasteiger partial charge on any atom is -0.388 e. The molecule has 0 bridgehead atoms. The molecule has 0 aromatic heterocycles. The zero-order valence-electron chi connectivity index (χ0n) is 15.0. The molecule has 0 unspecified atom stereocenters. The Balaban J connectivity index is 1.75. The van der Waals surface area contributed by atoms with E-state index >= 15 is 0 Å². The largest absolute Gasteiger partial charge is 0.388 e. The Hall–Kier alpha value is -1.22. The molecular formula is C21H28O3. The van der Waals surface area contributed by atoms with Crippen molar-refractivity contribution in [2.45, 2.75) is 64.9 Å². The normalized spacial score (nSPS) is 49.9. The van der Waals surface area contributed by atoms with Crippen molar-refractivity contribution in [2.75, 3.05) is 0 Å². The van der Waals surface area contributed by atoms with Crippen molar-refractivity contribution in [2.24, 2.45) is 28.6 Å². The molecule has 0 saturated heterocycles. The number of aliphatic hydroxyl groups is 1. The van der Waals surface area contributed by atoms with Crippen molar-refractivity contribution < 1.29 is 14.7 Å². The van der Waals surface area contributed by atoms with E-state index in [1.54, 1.807) is 19.1 Å². The highest BCUT2D eigenvalue weighted by Crippen LogP contribution is 2.67. The van der Waals surface area contributed by atoms with Crippen molar-refractivity contribution in [3.05, 3.63) is 23.8 Å². The lowest BCUT2D eigenvalue weighted by Gasteiger charge is -2.61. The molecule has 4 aliphatic carbocycles. The Morgan fingerprint density at radius 2 is 1.92 bits per heavy atom. The number of hydrogen-bond donors (Lipinski definition) is 1. The van der Waals surface area contributed by atoms with Gasteiger partial charge in [-0.15, -0.1) is 0 Å². The van der Waals surface area contributed by atoms with Gasteiger partial charge in [-0.3, -0.25) is 9.59 Å². The van der Waals surface area contributed by atoms with Gasteiger partial charge in [-0.05, 0) is 81.8 Å². The maximum Gasteiger partial charge on any atom is 0.178 e. The molecule has 3 saturated carbocycles. The van der Waals surface area contributed by atoms with Crippen LogP contribution in [0.2, 0.25) is 0 Å². The molecular weight excluding hydrogens is 300 g/mol. The predicted molar refractivity (Wildman–Crippen MR) is 92.2 cm³/mol. The van der Waals surface area contributed by atoms with Gasteiger partial charge in [0.15, 0.2) is 5.78 Å². The number of carbonyl (C=O) groups is 2. The number of hydrogen-bond acceptors (Lipinski definition) is 3. The quantitative estimate of drug-likeness (QED) is 0.800. The van der Waals surface area contributed by atoms with Gasteiger partial charge in [0.1, 0.15) is 5.78 Å². The molecule has 0 aromatic rings. The van der Waals surface area contributed by atoms with E-state index in [0.717, 1.165) is 44.1 Å². The third kappa shape index (κ3) is 1.82. The Morgan fingerprint density at radius 1 is 1.17 bits per heavy atom. The summed E-state index contributed by atoms with van der Waals surface area (Å²) in [7, 11) is 0. The number of Topliss-reactive ketones (excluding diaryl/α,β-unsaturated/α-hetero) is 1. The molecule has 0 amide bonds. The van der Waals surface area contributed by atoms with Crippen LogP contribution >= 0.6 is 0 Å². The lowest BCUT2D eigenvalue weighted by molar-refractivity contribution is -0.176. The van der Waals surface area contributed by atoms with Gasteiger partial charge < -0.3 is 5.11 Å². The van der Waals surface area contributed by atoms with Crippen LogP contribution in [0.4, 0.5) is 0 Å². The first-order valence-electron chi connectivity index (χ1n) is 9.39. The number of carbonyl (C=O) groups excluding carboxylic acids is 2. The Kier molecular flexibility index (Phi) is 3.32. The Morgan fingerprint density at radius 3 is 2.62 bits per heavy atom. The summed E-state index contributed by atoms with van der Waals surface area (Å²) in [6, 6.07) is 0. The maximum absolute atomic E-state index is 12.2. The van der Waals surface area contributed by atoms with Gasteiger partial charge in [0.05, 0.1) is 5.60 Å².